The van der Waals surface area contributed by atoms with E-state index in [4.69, 9.17) is 10.3 Å². The van der Waals surface area contributed by atoms with Crippen LogP contribution in [0.2, 0.25) is 0 Å². The summed E-state index contributed by atoms with van der Waals surface area (Å²) in [5, 5.41) is 5.90. The fourth-order valence-corrected chi connectivity index (χ4v) is 3.05. The van der Waals surface area contributed by atoms with Crippen LogP contribution in [0.15, 0.2) is 40.5 Å². The molecule has 0 radical (unpaired) electrons. The molecule has 0 fully saturated rings. The van der Waals surface area contributed by atoms with E-state index in [2.05, 4.69) is 38.8 Å². The summed E-state index contributed by atoms with van der Waals surface area (Å²) >= 11 is 3.93. The second-order valence-corrected chi connectivity index (χ2v) is 6.45. The van der Waals surface area contributed by atoms with Crippen LogP contribution in [0.1, 0.15) is 0 Å². The van der Waals surface area contributed by atoms with Crippen LogP contribution in [0, 0.1) is 2.88 Å². The maximum Gasteiger partial charge on any atom is 0.177 e. The first kappa shape index (κ1) is 11.7. The van der Waals surface area contributed by atoms with E-state index in [0.717, 1.165) is 16.7 Å². The molecule has 2 N–H and O–H groups in total. The molecule has 3 heterocycles. The second-order valence-electron chi connectivity index (χ2n) is 3.65. The van der Waals surface area contributed by atoms with Crippen molar-refractivity contribution in [1.29, 1.82) is 0 Å². The smallest absolute Gasteiger partial charge is 0.177 e. The average Bonchev–Trinajstić information content (AvgIpc) is 2.96. The Hall–Kier alpha value is -1.41. The minimum Gasteiger partial charge on any atom is -0.380 e. The Morgan fingerprint density at radius 3 is 2.67 bits per heavy atom. The molecule has 4 nitrogen and oxygen atoms in total. The summed E-state index contributed by atoms with van der Waals surface area (Å²) in [5.41, 5.74) is 8.68. The van der Waals surface area contributed by atoms with Crippen molar-refractivity contribution < 1.29 is 4.52 Å². The third-order valence-corrected chi connectivity index (χ3v) is 4.31. The van der Waals surface area contributed by atoms with Crippen molar-refractivity contribution in [3.8, 4) is 22.5 Å². The third-order valence-electron chi connectivity index (χ3n) is 2.52. The van der Waals surface area contributed by atoms with Gasteiger partial charge in [-0.3, -0.25) is 4.98 Å². The van der Waals surface area contributed by atoms with E-state index in [9.17, 15) is 0 Å². The van der Waals surface area contributed by atoms with E-state index in [-0.39, 0.29) is 0 Å². The Bertz CT molecular complexity index is 678. The van der Waals surface area contributed by atoms with Crippen LogP contribution in [0.3, 0.4) is 0 Å². The van der Waals surface area contributed by atoms with E-state index in [1.54, 1.807) is 23.7 Å². The van der Waals surface area contributed by atoms with Gasteiger partial charge < -0.3 is 10.3 Å². The molecule has 3 aromatic heterocycles. The monoisotopic (exact) mass is 369 g/mol. The number of nitrogen functional groups attached to an aromatic ring is 1. The van der Waals surface area contributed by atoms with Crippen molar-refractivity contribution in [2.75, 3.05) is 5.73 Å². The Kier molecular flexibility index (Phi) is 3.04. The van der Waals surface area contributed by atoms with Gasteiger partial charge in [0.1, 0.15) is 0 Å². The van der Waals surface area contributed by atoms with Gasteiger partial charge >= 0.3 is 0 Å². The zero-order valence-corrected chi connectivity index (χ0v) is 12.1. The largest absolute Gasteiger partial charge is 0.380 e. The van der Waals surface area contributed by atoms with Crippen LogP contribution in [0.4, 0.5) is 5.82 Å². The predicted molar refractivity (Wildman–Crippen MR) is 80.2 cm³/mol. The fourth-order valence-electron chi connectivity index (χ4n) is 1.73. The molecule has 0 saturated heterocycles. The molecule has 18 heavy (non-hydrogen) atoms. The van der Waals surface area contributed by atoms with Crippen molar-refractivity contribution >= 4 is 39.7 Å². The van der Waals surface area contributed by atoms with Gasteiger partial charge in [-0.05, 0) is 46.4 Å². The molecule has 0 bridgehead atoms. The number of thiophene rings is 1. The quantitative estimate of drug-likeness (QED) is 0.701. The molecular formula is C12H8IN3OS. The molecule has 0 aliphatic heterocycles. The fraction of sp³-hybridized carbons (Fsp3) is 0. The number of nitrogens with two attached hydrogens (primary N) is 1. The number of aromatic nitrogens is 2. The van der Waals surface area contributed by atoms with Gasteiger partial charge in [0.05, 0.1) is 8.45 Å². The molecular weight excluding hydrogens is 361 g/mol. The van der Waals surface area contributed by atoms with E-state index >= 15 is 0 Å². The van der Waals surface area contributed by atoms with E-state index in [0.29, 0.717) is 11.6 Å². The number of hydrogen-bond donors (Lipinski definition) is 1. The molecule has 6 heteroatoms. The molecule has 90 valence electrons. The van der Waals surface area contributed by atoms with Crippen molar-refractivity contribution in [3.63, 3.8) is 0 Å². The summed E-state index contributed by atoms with van der Waals surface area (Å²) < 4.78 is 6.55. The van der Waals surface area contributed by atoms with Crippen LogP contribution >= 0.6 is 33.9 Å². The zero-order valence-electron chi connectivity index (χ0n) is 9.13. The summed E-state index contributed by atoms with van der Waals surface area (Å²) in [6.07, 6.45) is 3.45. The predicted octanol–water partition coefficient (Wildman–Crippen LogP) is 3.65. The van der Waals surface area contributed by atoms with E-state index < -0.39 is 0 Å². The first-order chi connectivity index (χ1) is 8.75. The number of nitrogens with zero attached hydrogens (tertiary/aromatic N) is 2. The highest BCUT2D eigenvalue weighted by Gasteiger charge is 2.18. The lowest BCUT2D eigenvalue weighted by Crippen LogP contribution is -1.88. The average molecular weight is 369 g/mol. The minimum atomic E-state index is 0.400. The Balaban J connectivity index is 2.18. The summed E-state index contributed by atoms with van der Waals surface area (Å²) in [6.45, 7) is 0. The lowest BCUT2D eigenvalue weighted by molar-refractivity contribution is 0.436. The zero-order chi connectivity index (χ0) is 12.5. The maximum atomic E-state index is 5.89. The molecule has 0 amide bonds. The normalized spacial score (nSPS) is 10.7. The first-order valence-electron chi connectivity index (χ1n) is 5.15. The van der Waals surface area contributed by atoms with Gasteiger partial charge in [-0.1, -0.05) is 5.16 Å². The van der Waals surface area contributed by atoms with Gasteiger partial charge in [-0.2, -0.15) is 0 Å². The topological polar surface area (TPSA) is 64.9 Å². The van der Waals surface area contributed by atoms with Gasteiger partial charge in [0.2, 0.25) is 0 Å². The molecule has 0 aliphatic carbocycles. The molecule has 0 spiro atoms. The molecule has 0 atom stereocenters. The molecule has 0 saturated carbocycles. The van der Waals surface area contributed by atoms with Gasteiger partial charge in [0.15, 0.2) is 11.6 Å². The van der Waals surface area contributed by atoms with Gasteiger partial charge in [0, 0.05) is 23.3 Å². The number of hydrogen-bond acceptors (Lipinski definition) is 5. The Labute approximate surface area is 121 Å². The lowest BCUT2D eigenvalue weighted by Gasteiger charge is -2.00. The van der Waals surface area contributed by atoms with Crippen molar-refractivity contribution in [3.05, 3.63) is 38.9 Å². The van der Waals surface area contributed by atoms with Crippen LogP contribution in [0.25, 0.3) is 22.5 Å². The van der Waals surface area contributed by atoms with Crippen molar-refractivity contribution in [2.24, 2.45) is 0 Å². The highest BCUT2D eigenvalue weighted by Crippen LogP contribution is 2.38. The van der Waals surface area contributed by atoms with E-state index in [1.165, 1.54) is 2.88 Å². The van der Waals surface area contributed by atoms with Crippen molar-refractivity contribution in [2.45, 2.75) is 0 Å². The number of anilines is 1. The molecule has 3 rings (SSSR count). The highest BCUT2D eigenvalue weighted by molar-refractivity contribution is 14.1. The SMILES string of the molecule is Nc1noc(-c2csc(I)c2)c1-c1ccncc1. The molecule has 0 aromatic carbocycles. The van der Waals surface area contributed by atoms with Gasteiger partial charge in [0.25, 0.3) is 0 Å². The van der Waals surface area contributed by atoms with E-state index in [1.807, 2.05) is 17.5 Å². The van der Waals surface area contributed by atoms with Crippen LogP contribution < -0.4 is 5.73 Å². The van der Waals surface area contributed by atoms with Gasteiger partial charge in [-0.25, -0.2) is 0 Å². The minimum absolute atomic E-state index is 0.400. The van der Waals surface area contributed by atoms with Crippen LogP contribution in [0.5, 0.6) is 0 Å². The number of halogens is 1. The highest BCUT2D eigenvalue weighted by atomic mass is 127. The Morgan fingerprint density at radius 1 is 1.22 bits per heavy atom. The van der Waals surface area contributed by atoms with Crippen LogP contribution in [-0.2, 0) is 0 Å². The number of pyridine rings is 1. The summed E-state index contributed by atoms with van der Waals surface area (Å²) in [7, 11) is 0. The second kappa shape index (κ2) is 4.69. The lowest BCUT2D eigenvalue weighted by atomic mass is 10.0. The summed E-state index contributed by atoms with van der Waals surface area (Å²) in [5.74, 6) is 1.11. The summed E-state index contributed by atoms with van der Waals surface area (Å²) in [4.78, 5) is 4.00. The third kappa shape index (κ3) is 2.01. The van der Waals surface area contributed by atoms with Crippen molar-refractivity contribution in [1.82, 2.24) is 10.1 Å². The molecule has 3 aromatic rings. The Morgan fingerprint density at radius 2 is 2.00 bits per heavy atom. The summed E-state index contributed by atoms with van der Waals surface area (Å²) in [6, 6.07) is 5.84. The first-order valence-corrected chi connectivity index (χ1v) is 7.11. The number of rotatable bonds is 2. The molecule has 0 aliphatic rings. The van der Waals surface area contributed by atoms with Gasteiger partial charge in [-0.15, -0.1) is 11.3 Å². The standard InChI is InChI=1S/C12H8IN3OS/c13-9-5-8(6-18-9)11-10(12(14)16-17-11)7-1-3-15-4-2-7/h1-6H,(H2,14,16). The van der Waals surface area contributed by atoms with Crippen LogP contribution in [-0.4, -0.2) is 10.1 Å². The maximum absolute atomic E-state index is 5.89. The molecule has 0 unspecified atom stereocenters.